The van der Waals surface area contributed by atoms with Gasteiger partial charge in [-0.3, -0.25) is 24.9 Å². The summed E-state index contributed by atoms with van der Waals surface area (Å²) in [5, 5.41) is 5.72. The third-order valence-corrected chi connectivity index (χ3v) is 6.36. The van der Waals surface area contributed by atoms with Crippen LogP contribution in [-0.2, 0) is 11.3 Å². The van der Waals surface area contributed by atoms with Crippen molar-refractivity contribution >= 4 is 28.8 Å². The van der Waals surface area contributed by atoms with Gasteiger partial charge in [0.2, 0.25) is 11.9 Å². The second-order valence-corrected chi connectivity index (χ2v) is 9.17. The molecule has 0 radical (unpaired) electrons. The number of rotatable bonds is 5. The number of benzene rings is 1. The molecule has 4 aromatic rings. The molecule has 10 heteroatoms. The predicted molar refractivity (Wildman–Crippen MR) is 148 cm³/mol. The summed E-state index contributed by atoms with van der Waals surface area (Å²) in [6.45, 7) is 7.08. The van der Waals surface area contributed by atoms with Gasteiger partial charge in [0.15, 0.2) is 0 Å². The minimum Gasteiger partial charge on any atom is -0.491 e. The summed E-state index contributed by atoms with van der Waals surface area (Å²) >= 11 is 0. The quantitative estimate of drug-likeness (QED) is 0.294. The number of carbonyl (C=O) groups excluding carboxylic acids is 2. The molecule has 0 atom stereocenters. The molecule has 1 aliphatic heterocycles. The topological polar surface area (TPSA) is 120 Å². The third-order valence-electron chi connectivity index (χ3n) is 6.36. The van der Waals surface area contributed by atoms with E-state index in [0.717, 1.165) is 30.3 Å². The van der Waals surface area contributed by atoms with Gasteiger partial charge in [0.05, 0.1) is 30.6 Å². The Hall–Kier alpha value is -4.73. The van der Waals surface area contributed by atoms with E-state index >= 15 is 0 Å². The zero-order chi connectivity index (χ0) is 27.2. The number of aromatic nitrogens is 4. The molecule has 1 aliphatic rings. The second kappa shape index (κ2) is 11.8. The smallest absolute Gasteiger partial charge is 0.258 e. The lowest BCUT2D eigenvalue weighted by Gasteiger charge is -2.13. The van der Waals surface area contributed by atoms with Gasteiger partial charge in [-0.25, -0.2) is 4.98 Å². The van der Waals surface area contributed by atoms with E-state index in [1.54, 1.807) is 24.5 Å². The van der Waals surface area contributed by atoms with Crippen molar-refractivity contribution in [1.29, 1.82) is 0 Å². The van der Waals surface area contributed by atoms with Gasteiger partial charge in [0, 0.05) is 29.6 Å². The summed E-state index contributed by atoms with van der Waals surface area (Å²) < 4.78 is 14.1. The Bertz CT molecular complexity index is 1530. The lowest BCUT2D eigenvalue weighted by atomic mass is 10.1. The highest BCUT2D eigenvalue weighted by molar-refractivity contribution is 6.05. The normalized spacial score (nSPS) is 13.6. The van der Waals surface area contributed by atoms with Crippen LogP contribution in [0.15, 0.2) is 61.4 Å². The Morgan fingerprint density at radius 3 is 3.00 bits per heavy atom. The molecule has 0 spiro atoms. The molecule has 0 saturated carbocycles. The molecule has 0 unspecified atom stereocenters. The first kappa shape index (κ1) is 25.9. The molecule has 1 aromatic carbocycles. The Morgan fingerprint density at radius 2 is 2.13 bits per heavy atom. The van der Waals surface area contributed by atoms with Gasteiger partial charge in [-0.2, -0.15) is 0 Å². The summed E-state index contributed by atoms with van der Waals surface area (Å²) in [5.41, 5.74) is 4.08. The van der Waals surface area contributed by atoms with E-state index < -0.39 is 0 Å². The number of aryl methyl sites for hydroxylation is 2. The van der Waals surface area contributed by atoms with Gasteiger partial charge >= 0.3 is 0 Å². The monoisotopic (exact) mass is 526 g/mol. The van der Waals surface area contributed by atoms with Crippen LogP contribution in [-0.4, -0.2) is 51.1 Å². The predicted octanol–water partition coefficient (Wildman–Crippen LogP) is 4.30. The lowest BCUT2D eigenvalue weighted by molar-refractivity contribution is -0.116. The molecular weight excluding hydrogens is 496 g/mol. The average molecular weight is 527 g/mol. The summed E-state index contributed by atoms with van der Waals surface area (Å²) in [7, 11) is 0. The molecule has 0 aliphatic carbocycles. The van der Waals surface area contributed by atoms with E-state index in [1.807, 2.05) is 35.8 Å². The van der Waals surface area contributed by atoms with Gasteiger partial charge in [-0.15, -0.1) is 0 Å². The molecule has 10 nitrogen and oxygen atoms in total. The molecule has 4 heterocycles. The fourth-order valence-corrected chi connectivity index (χ4v) is 4.54. The number of nitrogens with one attached hydrogen (secondary N) is 2. The van der Waals surface area contributed by atoms with Crippen LogP contribution in [0, 0.1) is 6.92 Å². The number of hydrogen-bond donors (Lipinski definition) is 2. The zero-order valence-electron chi connectivity index (χ0n) is 21.8. The number of nitrogens with zero attached hydrogens (tertiary/aromatic N) is 4. The summed E-state index contributed by atoms with van der Waals surface area (Å²) in [4.78, 5) is 38.6. The first-order chi connectivity index (χ1) is 19.0. The first-order valence-corrected chi connectivity index (χ1v) is 12.9. The number of carbonyl (C=O) groups is 2. The van der Waals surface area contributed by atoms with Gasteiger partial charge in [0.25, 0.3) is 5.91 Å². The minimum absolute atomic E-state index is 0.256. The summed E-state index contributed by atoms with van der Waals surface area (Å²) in [5.74, 6) is 1.16. The molecule has 3 aromatic heterocycles. The molecule has 2 bridgehead atoms. The highest BCUT2D eigenvalue weighted by atomic mass is 16.5. The number of hydrogen-bond acceptors (Lipinski definition) is 7. The van der Waals surface area contributed by atoms with E-state index in [-0.39, 0.29) is 18.4 Å². The number of anilines is 1. The van der Waals surface area contributed by atoms with Gasteiger partial charge < -0.3 is 19.4 Å². The van der Waals surface area contributed by atoms with Gasteiger partial charge in [-0.05, 0) is 62.6 Å². The number of pyridine rings is 2. The van der Waals surface area contributed by atoms with E-state index in [4.69, 9.17) is 14.5 Å². The molecule has 200 valence electrons. The standard InChI is InChI=1S/C29H30N6O4/c1-3-26(36)31-12-15-39-24-9-7-8-22-27(24)35-13-5-4-6-14-38-25-18-30-11-10-21(25)23-17-20(16-19(2)32-23)28(37)34-29(35)33-22/h3,7-11,16-18H,1,4-6,12-15H2,2H3,(H,31,36)(H,33,34,37). The van der Waals surface area contributed by atoms with Crippen LogP contribution in [0.25, 0.3) is 22.3 Å². The Labute approximate surface area is 226 Å². The lowest BCUT2D eigenvalue weighted by Crippen LogP contribution is -2.26. The van der Waals surface area contributed by atoms with Crippen LogP contribution < -0.4 is 20.1 Å². The molecule has 0 fully saturated rings. The number of amides is 2. The molecule has 0 saturated heterocycles. The first-order valence-electron chi connectivity index (χ1n) is 12.9. The van der Waals surface area contributed by atoms with E-state index in [9.17, 15) is 9.59 Å². The molecular formula is C29H30N6O4. The van der Waals surface area contributed by atoms with Gasteiger partial charge in [0.1, 0.15) is 23.6 Å². The van der Waals surface area contributed by atoms with Crippen molar-refractivity contribution in [2.45, 2.75) is 32.7 Å². The third kappa shape index (κ3) is 5.90. The van der Waals surface area contributed by atoms with Gasteiger partial charge in [-0.1, -0.05) is 12.6 Å². The second-order valence-electron chi connectivity index (χ2n) is 9.17. The SMILES string of the molecule is C=CC(=O)NCCOc1cccc2nc3n(c12)CCCCCOc1cnccc1-c1cc(cc(C)n1)C(=O)N3. The number of ether oxygens (including phenoxy) is 2. The van der Waals surface area contributed by atoms with Crippen LogP contribution in [0.5, 0.6) is 11.5 Å². The number of para-hydroxylation sites is 1. The fourth-order valence-electron chi connectivity index (χ4n) is 4.54. The number of fused-ring (bicyclic) bond motifs is 7. The maximum Gasteiger partial charge on any atom is 0.258 e. The van der Waals surface area contributed by atoms with Crippen molar-refractivity contribution in [3.8, 4) is 22.8 Å². The molecule has 5 rings (SSSR count). The highest BCUT2D eigenvalue weighted by Crippen LogP contribution is 2.31. The van der Waals surface area contributed by atoms with Crippen LogP contribution in [0.2, 0.25) is 0 Å². The van der Waals surface area contributed by atoms with Crippen LogP contribution in [0.3, 0.4) is 0 Å². The maximum absolute atomic E-state index is 13.5. The van der Waals surface area contributed by atoms with Crippen molar-refractivity contribution in [2.75, 3.05) is 25.1 Å². The molecule has 2 N–H and O–H groups in total. The summed E-state index contributed by atoms with van der Waals surface area (Å²) in [6, 6.07) is 11.0. The summed E-state index contributed by atoms with van der Waals surface area (Å²) in [6.07, 6.45) is 7.19. The molecule has 2 amide bonds. The number of imidazole rings is 1. The van der Waals surface area contributed by atoms with Crippen LogP contribution in [0.4, 0.5) is 5.95 Å². The zero-order valence-corrected chi connectivity index (χ0v) is 21.8. The van der Waals surface area contributed by atoms with E-state index in [2.05, 4.69) is 27.2 Å². The van der Waals surface area contributed by atoms with Crippen molar-refractivity contribution < 1.29 is 19.1 Å². The van der Waals surface area contributed by atoms with Crippen LogP contribution in [0.1, 0.15) is 35.3 Å². The minimum atomic E-state index is -0.292. The van der Waals surface area contributed by atoms with Crippen molar-refractivity contribution in [2.24, 2.45) is 0 Å². The van der Waals surface area contributed by atoms with Crippen molar-refractivity contribution in [3.63, 3.8) is 0 Å². The Morgan fingerprint density at radius 1 is 1.23 bits per heavy atom. The Kier molecular flexibility index (Phi) is 7.81. The van der Waals surface area contributed by atoms with E-state index in [0.29, 0.717) is 59.6 Å². The van der Waals surface area contributed by atoms with Crippen molar-refractivity contribution in [3.05, 3.63) is 72.7 Å². The van der Waals surface area contributed by atoms with Crippen molar-refractivity contribution in [1.82, 2.24) is 24.8 Å². The van der Waals surface area contributed by atoms with Crippen LogP contribution >= 0.6 is 0 Å². The molecule has 39 heavy (non-hydrogen) atoms. The largest absolute Gasteiger partial charge is 0.491 e. The highest BCUT2D eigenvalue weighted by Gasteiger charge is 2.20. The Balaban J connectivity index is 1.50. The average Bonchev–Trinajstić information content (AvgIpc) is 3.29. The fraction of sp³-hybridized carbons (Fsp3) is 0.276. The van der Waals surface area contributed by atoms with E-state index in [1.165, 1.54) is 6.08 Å². The maximum atomic E-state index is 13.5.